The first-order valence-corrected chi connectivity index (χ1v) is 12.5. The average Bonchev–Trinajstić information content (AvgIpc) is 2.95. The third-order valence-corrected chi connectivity index (χ3v) is 10.7. The summed E-state index contributed by atoms with van der Waals surface area (Å²) in [6.45, 7) is 17.6. The maximum absolute atomic E-state index is 2.68. The van der Waals surface area contributed by atoms with Crippen molar-refractivity contribution in [2.45, 2.75) is 113 Å². The van der Waals surface area contributed by atoms with E-state index in [1.807, 2.05) is 11.1 Å². The Hall–Kier alpha value is -0.520. The molecule has 0 spiro atoms. The van der Waals surface area contributed by atoms with Crippen LogP contribution in [0.4, 0.5) is 0 Å². The Morgan fingerprint density at radius 2 is 1.71 bits per heavy atom. The van der Waals surface area contributed by atoms with Crippen molar-refractivity contribution in [2.75, 3.05) is 0 Å². The van der Waals surface area contributed by atoms with Crippen molar-refractivity contribution in [1.29, 1.82) is 0 Å². The minimum Gasteiger partial charge on any atom is -0.0859 e. The second-order valence-corrected chi connectivity index (χ2v) is 12.5. The van der Waals surface area contributed by atoms with Crippen LogP contribution in [0.2, 0.25) is 0 Å². The van der Waals surface area contributed by atoms with Crippen molar-refractivity contribution in [1.82, 2.24) is 0 Å². The molecule has 4 rings (SSSR count). The quantitative estimate of drug-likeness (QED) is 0.428. The third kappa shape index (κ3) is 2.99. The Morgan fingerprint density at radius 3 is 2.43 bits per heavy atom. The highest BCUT2D eigenvalue weighted by Crippen LogP contribution is 2.68. The summed E-state index contributed by atoms with van der Waals surface area (Å²) in [5.74, 6) is 3.65. The molecule has 2 fully saturated rings. The number of hydrogen-bond acceptors (Lipinski definition) is 0. The second kappa shape index (κ2) is 7.02. The molecule has 0 heterocycles. The Morgan fingerprint density at radius 1 is 0.964 bits per heavy atom. The molecule has 0 bridgehead atoms. The first kappa shape index (κ1) is 20.7. The molecular formula is C28H46. The van der Waals surface area contributed by atoms with Crippen LogP contribution in [-0.4, -0.2) is 0 Å². The largest absolute Gasteiger partial charge is 0.0859 e. The summed E-state index contributed by atoms with van der Waals surface area (Å²) >= 11 is 0. The van der Waals surface area contributed by atoms with Crippen molar-refractivity contribution < 1.29 is 0 Å². The Kier molecular flexibility index (Phi) is 5.20. The zero-order chi connectivity index (χ0) is 20.3. The molecule has 0 heteroatoms. The second-order valence-electron chi connectivity index (χ2n) is 12.5. The van der Waals surface area contributed by atoms with Gasteiger partial charge in [-0.3, -0.25) is 0 Å². The van der Waals surface area contributed by atoms with E-state index in [0.717, 1.165) is 23.7 Å². The molecule has 6 unspecified atom stereocenters. The minimum absolute atomic E-state index is 0.505. The van der Waals surface area contributed by atoms with Gasteiger partial charge in [0.15, 0.2) is 0 Å². The molecule has 0 amide bonds. The number of fused-ring (bicyclic) bond motifs is 4. The lowest BCUT2D eigenvalue weighted by Gasteiger charge is -2.60. The van der Waals surface area contributed by atoms with Gasteiger partial charge < -0.3 is 0 Å². The van der Waals surface area contributed by atoms with Gasteiger partial charge in [0.05, 0.1) is 0 Å². The zero-order valence-corrected chi connectivity index (χ0v) is 20.0. The van der Waals surface area contributed by atoms with E-state index < -0.39 is 0 Å². The van der Waals surface area contributed by atoms with Gasteiger partial charge in [-0.25, -0.2) is 0 Å². The highest BCUT2D eigenvalue weighted by Gasteiger charge is 2.57. The zero-order valence-electron chi connectivity index (χ0n) is 20.0. The summed E-state index contributed by atoms with van der Waals surface area (Å²) in [6, 6.07) is 0. The molecule has 0 N–H and O–H groups in total. The molecule has 158 valence electrons. The van der Waals surface area contributed by atoms with Crippen LogP contribution >= 0.6 is 0 Å². The summed E-state index contributed by atoms with van der Waals surface area (Å²) < 4.78 is 0. The molecule has 6 atom stereocenters. The van der Waals surface area contributed by atoms with Crippen molar-refractivity contribution in [2.24, 2.45) is 39.9 Å². The van der Waals surface area contributed by atoms with Crippen LogP contribution in [-0.2, 0) is 0 Å². The summed E-state index contributed by atoms with van der Waals surface area (Å²) in [5, 5.41) is 0. The summed E-state index contributed by atoms with van der Waals surface area (Å²) in [6.07, 6.45) is 16.8. The Bertz CT molecular complexity index is 672. The fourth-order valence-electron chi connectivity index (χ4n) is 8.63. The van der Waals surface area contributed by atoms with Crippen LogP contribution in [0.25, 0.3) is 0 Å². The van der Waals surface area contributed by atoms with Gasteiger partial charge in [-0.1, -0.05) is 57.4 Å². The average molecular weight is 383 g/mol. The van der Waals surface area contributed by atoms with Crippen molar-refractivity contribution in [3.63, 3.8) is 0 Å². The predicted molar refractivity (Wildman–Crippen MR) is 122 cm³/mol. The molecule has 0 aliphatic heterocycles. The molecule has 4 aliphatic rings. The monoisotopic (exact) mass is 382 g/mol. The lowest BCUT2D eigenvalue weighted by molar-refractivity contribution is -0.0388. The van der Waals surface area contributed by atoms with Gasteiger partial charge in [0, 0.05) is 0 Å². The van der Waals surface area contributed by atoms with E-state index in [9.17, 15) is 0 Å². The third-order valence-electron chi connectivity index (χ3n) is 10.7. The first-order chi connectivity index (χ1) is 13.1. The van der Waals surface area contributed by atoms with Crippen LogP contribution in [0.1, 0.15) is 113 Å². The van der Waals surface area contributed by atoms with E-state index in [0.29, 0.717) is 16.2 Å². The summed E-state index contributed by atoms with van der Waals surface area (Å²) in [5.41, 5.74) is 7.04. The van der Waals surface area contributed by atoms with Gasteiger partial charge in [0.1, 0.15) is 0 Å². The van der Waals surface area contributed by atoms with E-state index in [1.54, 1.807) is 0 Å². The molecule has 0 aromatic rings. The van der Waals surface area contributed by atoms with E-state index in [-0.39, 0.29) is 0 Å². The van der Waals surface area contributed by atoms with E-state index >= 15 is 0 Å². The predicted octanol–water partition coefficient (Wildman–Crippen LogP) is 8.73. The van der Waals surface area contributed by atoms with Gasteiger partial charge >= 0.3 is 0 Å². The van der Waals surface area contributed by atoms with Crippen LogP contribution in [0.15, 0.2) is 22.8 Å². The SMILES string of the molecule is CC(C)=CCCC1CCC2C3=C(CCC12C)C1(C)CCC(C)C(C)(C)C1CC3. The van der Waals surface area contributed by atoms with Gasteiger partial charge in [-0.2, -0.15) is 0 Å². The normalized spacial score (nSPS) is 44.5. The molecular weight excluding hydrogens is 336 g/mol. The Labute approximate surface area is 175 Å². The lowest BCUT2D eigenvalue weighted by Crippen LogP contribution is -2.51. The van der Waals surface area contributed by atoms with Crippen molar-refractivity contribution in [3.8, 4) is 0 Å². The van der Waals surface area contributed by atoms with Gasteiger partial charge in [0.2, 0.25) is 0 Å². The smallest absolute Gasteiger partial charge is 0.00800 e. The number of hydrogen-bond donors (Lipinski definition) is 0. The van der Waals surface area contributed by atoms with Crippen molar-refractivity contribution in [3.05, 3.63) is 22.8 Å². The van der Waals surface area contributed by atoms with Crippen molar-refractivity contribution >= 4 is 0 Å². The van der Waals surface area contributed by atoms with E-state index in [2.05, 4.69) is 54.5 Å². The van der Waals surface area contributed by atoms with E-state index in [1.165, 1.54) is 69.8 Å². The summed E-state index contributed by atoms with van der Waals surface area (Å²) in [7, 11) is 0. The van der Waals surface area contributed by atoms with Crippen LogP contribution in [0.3, 0.4) is 0 Å². The van der Waals surface area contributed by atoms with Crippen LogP contribution in [0.5, 0.6) is 0 Å². The topological polar surface area (TPSA) is 0 Å². The fourth-order valence-corrected chi connectivity index (χ4v) is 8.63. The fraction of sp³-hybridized carbons (Fsp3) is 0.857. The van der Waals surface area contributed by atoms with Crippen LogP contribution < -0.4 is 0 Å². The Balaban J connectivity index is 1.61. The molecule has 0 radical (unpaired) electrons. The van der Waals surface area contributed by atoms with E-state index in [4.69, 9.17) is 0 Å². The molecule has 0 aromatic carbocycles. The van der Waals surface area contributed by atoms with Crippen LogP contribution in [0, 0.1) is 39.9 Å². The number of rotatable bonds is 3. The van der Waals surface area contributed by atoms with Gasteiger partial charge in [-0.15, -0.1) is 0 Å². The lowest BCUT2D eigenvalue weighted by atomic mass is 9.44. The molecule has 28 heavy (non-hydrogen) atoms. The maximum atomic E-state index is 2.68. The molecule has 0 aromatic heterocycles. The molecule has 4 aliphatic carbocycles. The minimum atomic E-state index is 0.505. The highest BCUT2D eigenvalue weighted by atomic mass is 14.6. The van der Waals surface area contributed by atoms with Gasteiger partial charge in [0.25, 0.3) is 0 Å². The maximum Gasteiger partial charge on any atom is -0.00800 e. The molecule has 0 nitrogen and oxygen atoms in total. The standard InChI is InChI=1S/C28H46/c1-19(2)9-8-10-21-11-13-23-22-12-14-25-26(4,5)20(3)15-17-28(25,7)24(22)16-18-27(21,23)6/h9,20-21,23,25H,8,10-18H2,1-7H3. The van der Waals surface area contributed by atoms with Gasteiger partial charge in [-0.05, 0) is 118 Å². The summed E-state index contributed by atoms with van der Waals surface area (Å²) in [4.78, 5) is 0. The molecule has 2 saturated carbocycles. The number of allylic oxidation sites excluding steroid dienone is 4. The highest BCUT2D eigenvalue weighted by molar-refractivity contribution is 5.35. The first-order valence-electron chi connectivity index (χ1n) is 12.5. The molecule has 0 saturated heterocycles.